The molecule has 0 aromatic heterocycles. The number of ether oxygens (including phenoxy) is 2. The minimum Gasteiger partial charge on any atom is -0.491 e. The molecule has 1 saturated heterocycles. The maximum Gasteiger partial charge on any atom is 0.241 e. The van der Waals surface area contributed by atoms with E-state index in [-0.39, 0.29) is 24.4 Å². The maximum absolute atomic E-state index is 11.9. The molecule has 1 amide bonds. The molecule has 3 N–H and O–H groups in total. The minimum absolute atomic E-state index is 0. The lowest BCUT2D eigenvalue weighted by atomic mass is 10.2. The number of amides is 1. The Morgan fingerprint density at radius 3 is 2.67 bits per heavy atom. The van der Waals surface area contributed by atoms with Gasteiger partial charge in [0.1, 0.15) is 12.4 Å². The molecule has 2 rings (SSSR count). The molecular formula is C14H21ClN2O4. The van der Waals surface area contributed by atoms with Gasteiger partial charge in [-0.3, -0.25) is 4.79 Å². The number of carbonyl (C=O) groups excluding carboxylic acids is 1. The number of carbonyl (C=O) groups is 1. The van der Waals surface area contributed by atoms with Crippen LogP contribution in [0.5, 0.6) is 5.75 Å². The Hall–Kier alpha value is -1.34. The number of benzene rings is 1. The van der Waals surface area contributed by atoms with Gasteiger partial charge in [0.2, 0.25) is 5.91 Å². The van der Waals surface area contributed by atoms with E-state index >= 15 is 0 Å². The van der Waals surface area contributed by atoms with Crippen molar-refractivity contribution in [2.75, 3.05) is 32.2 Å². The highest BCUT2D eigenvalue weighted by Gasteiger charge is 2.27. The van der Waals surface area contributed by atoms with E-state index in [1.54, 1.807) is 31.4 Å². The number of methoxy groups -OCH3 is 1. The fraction of sp³-hybridized carbons (Fsp3) is 0.500. The van der Waals surface area contributed by atoms with E-state index in [4.69, 9.17) is 9.47 Å². The first-order valence-electron chi connectivity index (χ1n) is 6.63. The summed E-state index contributed by atoms with van der Waals surface area (Å²) < 4.78 is 10.3. The second-order valence-electron chi connectivity index (χ2n) is 4.71. The highest BCUT2D eigenvalue weighted by Crippen LogP contribution is 2.17. The molecule has 21 heavy (non-hydrogen) atoms. The van der Waals surface area contributed by atoms with Crippen LogP contribution >= 0.6 is 12.4 Å². The molecule has 1 aliphatic heterocycles. The maximum atomic E-state index is 11.9. The third-order valence-corrected chi connectivity index (χ3v) is 3.10. The van der Waals surface area contributed by atoms with E-state index in [2.05, 4.69) is 10.6 Å². The average Bonchev–Trinajstić information content (AvgIpc) is 2.88. The Labute approximate surface area is 130 Å². The average molecular weight is 317 g/mol. The summed E-state index contributed by atoms with van der Waals surface area (Å²) in [5.41, 5.74) is 0.706. The van der Waals surface area contributed by atoms with Crippen LogP contribution in [0, 0.1) is 0 Å². The van der Waals surface area contributed by atoms with Crippen LogP contribution in [0.3, 0.4) is 0 Å². The van der Waals surface area contributed by atoms with Crippen LogP contribution in [0.4, 0.5) is 5.69 Å². The molecule has 0 saturated carbocycles. The summed E-state index contributed by atoms with van der Waals surface area (Å²) in [7, 11) is 1.62. The Balaban J connectivity index is 0.00000220. The van der Waals surface area contributed by atoms with Crippen molar-refractivity contribution in [1.82, 2.24) is 5.32 Å². The molecule has 2 unspecified atom stereocenters. The first-order chi connectivity index (χ1) is 9.69. The minimum atomic E-state index is -0.442. The first-order valence-corrected chi connectivity index (χ1v) is 6.63. The summed E-state index contributed by atoms with van der Waals surface area (Å²) >= 11 is 0. The molecule has 0 bridgehead atoms. The van der Waals surface area contributed by atoms with E-state index in [1.165, 1.54) is 0 Å². The zero-order chi connectivity index (χ0) is 14.4. The highest BCUT2D eigenvalue weighted by molar-refractivity contribution is 5.95. The standard InChI is InChI=1S/C14H20N2O4.ClH/c1-19-6-7-20-12-4-2-10(3-5-12)16-14(18)13-8-11(17)9-15-13;/h2-5,11,13,15,17H,6-9H2,1H3,(H,16,18);1H. The molecule has 118 valence electrons. The lowest BCUT2D eigenvalue weighted by Gasteiger charge is -2.11. The Morgan fingerprint density at radius 2 is 2.10 bits per heavy atom. The van der Waals surface area contributed by atoms with Gasteiger partial charge in [-0.05, 0) is 30.7 Å². The summed E-state index contributed by atoms with van der Waals surface area (Å²) in [4.78, 5) is 11.9. The lowest BCUT2D eigenvalue weighted by molar-refractivity contribution is -0.117. The molecule has 6 nitrogen and oxygen atoms in total. The Kier molecular flexibility index (Phi) is 7.45. The highest BCUT2D eigenvalue weighted by atomic mass is 35.5. The van der Waals surface area contributed by atoms with Crippen molar-refractivity contribution in [3.05, 3.63) is 24.3 Å². The smallest absolute Gasteiger partial charge is 0.241 e. The van der Waals surface area contributed by atoms with Crippen LogP contribution in [-0.2, 0) is 9.53 Å². The van der Waals surface area contributed by atoms with Crippen LogP contribution in [-0.4, -0.2) is 50.0 Å². The number of nitrogens with one attached hydrogen (secondary N) is 2. The number of β-amino-alcohol motifs (C(OH)–C–C–N with tert-alkyl or cyclic N) is 1. The van der Waals surface area contributed by atoms with Crippen LogP contribution in [0.15, 0.2) is 24.3 Å². The van der Waals surface area contributed by atoms with Crippen molar-refractivity contribution in [3.63, 3.8) is 0 Å². The first kappa shape index (κ1) is 17.7. The summed E-state index contributed by atoms with van der Waals surface area (Å²) in [6.45, 7) is 1.49. The number of anilines is 1. The number of hydrogen-bond donors (Lipinski definition) is 3. The van der Waals surface area contributed by atoms with Crippen molar-refractivity contribution in [3.8, 4) is 5.75 Å². The predicted octanol–water partition coefficient (Wildman–Crippen LogP) is 0.795. The Bertz CT molecular complexity index is 441. The molecule has 1 aromatic carbocycles. The van der Waals surface area contributed by atoms with Crippen LogP contribution in [0.25, 0.3) is 0 Å². The predicted molar refractivity (Wildman–Crippen MR) is 82.1 cm³/mol. The second kappa shape index (κ2) is 8.84. The molecular weight excluding hydrogens is 296 g/mol. The van der Waals surface area contributed by atoms with Crippen LogP contribution in [0.2, 0.25) is 0 Å². The molecule has 0 spiro atoms. The molecule has 0 radical (unpaired) electrons. The van der Waals surface area contributed by atoms with Crippen LogP contribution in [0.1, 0.15) is 6.42 Å². The van der Waals surface area contributed by atoms with Crippen molar-refractivity contribution < 1.29 is 19.4 Å². The number of rotatable bonds is 6. The van der Waals surface area contributed by atoms with Gasteiger partial charge in [-0.2, -0.15) is 0 Å². The number of halogens is 1. The third kappa shape index (κ3) is 5.51. The number of aliphatic hydroxyl groups is 1. The molecule has 1 heterocycles. The van der Waals surface area contributed by atoms with Crippen molar-refractivity contribution in [2.24, 2.45) is 0 Å². The lowest BCUT2D eigenvalue weighted by Crippen LogP contribution is -2.35. The van der Waals surface area contributed by atoms with Gasteiger partial charge in [0.25, 0.3) is 0 Å². The van der Waals surface area contributed by atoms with E-state index < -0.39 is 6.10 Å². The number of aliphatic hydroxyl groups excluding tert-OH is 1. The topological polar surface area (TPSA) is 79.8 Å². The fourth-order valence-electron chi connectivity index (χ4n) is 2.02. The molecule has 1 fully saturated rings. The van der Waals surface area contributed by atoms with Crippen molar-refractivity contribution >= 4 is 24.0 Å². The van der Waals surface area contributed by atoms with Gasteiger partial charge in [0.05, 0.1) is 18.8 Å². The monoisotopic (exact) mass is 316 g/mol. The molecule has 7 heteroatoms. The number of hydrogen-bond acceptors (Lipinski definition) is 5. The van der Waals surface area contributed by atoms with Gasteiger partial charge in [-0.25, -0.2) is 0 Å². The van der Waals surface area contributed by atoms with Gasteiger partial charge < -0.3 is 25.2 Å². The Morgan fingerprint density at radius 1 is 1.38 bits per heavy atom. The SMILES string of the molecule is COCCOc1ccc(NC(=O)C2CC(O)CN2)cc1.Cl. The molecule has 0 aliphatic carbocycles. The largest absolute Gasteiger partial charge is 0.491 e. The fourth-order valence-corrected chi connectivity index (χ4v) is 2.02. The van der Waals surface area contributed by atoms with Crippen molar-refractivity contribution in [1.29, 1.82) is 0 Å². The molecule has 2 atom stereocenters. The quantitative estimate of drug-likeness (QED) is 0.676. The van der Waals surface area contributed by atoms with Gasteiger partial charge in [0, 0.05) is 19.3 Å². The summed E-state index contributed by atoms with van der Waals surface area (Å²) in [5, 5.41) is 15.2. The summed E-state index contributed by atoms with van der Waals surface area (Å²) in [5.74, 6) is 0.601. The molecule has 1 aliphatic rings. The van der Waals surface area contributed by atoms with Gasteiger partial charge in [0.15, 0.2) is 0 Å². The van der Waals surface area contributed by atoms with Gasteiger partial charge in [-0.1, -0.05) is 0 Å². The van der Waals surface area contributed by atoms with E-state index in [0.717, 1.165) is 5.75 Å². The summed E-state index contributed by atoms with van der Waals surface area (Å²) in [6, 6.07) is 6.82. The second-order valence-corrected chi connectivity index (χ2v) is 4.71. The van der Waals surface area contributed by atoms with Gasteiger partial charge >= 0.3 is 0 Å². The molecule has 1 aromatic rings. The zero-order valence-corrected chi connectivity index (χ0v) is 12.7. The van der Waals surface area contributed by atoms with E-state index in [1.807, 2.05) is 0 Å². The summed E-state index contributed by atoms with van der Waals surface area (Å²) in [6.07, 6.45) is 0.00615. The van der Waals surface area contributed by atoms with E-state index in [0.29, 0.717) is 31.9 Å². The third-order valence-electron chi connectivity index (χ3n) is 3.10. The van der Waals surface area contributed by atoms with E-state index in [9.17, 15) is 9.90 Å². The normalized spacial score (nSPS) is 20.7. The van der Waals surface area contributed by atoms with Crippen molar-refractivity contribution in [2.45, 2.75) is 18.6 Å². The zero-order valence-electron chi connectivity index (χ0n) is 11.9. The van der Waals surface area contributed by atoms with Crippen LogP contribution < -0.4 is 15.4 Å². The van der Waals surface area contributed by atoms with Gasteiger partial charge in [-0.15, -0.1) is 12.4 Å².